The van der Waals surface area contributed by atoms with Crippen LogP contribution >= 0.6 is 0 Å². The Labute approximate surface area is 90.4 Å². The van der Waals surface area contributed by atoms with Gasteiger partial charge in [0, 0.05) is 10.9 Å². The van der Waals surface area contributed by atoms with E-state index in [4.69, 9.17) is 4.42 Å². The highest BCUT2D eigenvalue weighted by Crippen LogP contribution is 2.28. The zero-order valence-electron chi connectivity index (χ0n) is 9.50. The first-order valence-electron chi connectivity index (χ1n) is 5.29. The van der Waals surface area contributed by atoms with Crippen molar-refractivity contribution in [3.63, 3.8) is 0 Å². The van der Waals surface area contributed by atoms with Crippen molar-refractivity contribution in [2.75, 3.05) is 0 Å². The van der Waals surface area contributed by atoms with Gasteiger partial charge in [0.2, 0.25) is 0 Å². The Morgan fingerprint density at radius 3 is 2.67 bits per heavy atom. The van der Waals surface area contributed by atoms with Crippen LogP contribution in [0.2, 0.25) is 0 Å². The van der Waals surface area contributed by atoms with E-state index in [-0.39, 0.29) is 0 Å². The van der Waals surface area contributed by atoms with Crippen LogP contribution in [0.4, 0.5) is 0 Å². The number of furan rings is 1. The molecule has 15 heavy (non-hydrogen) atoms. The molecule has 2 aromatic rings. The molecule has 0 saturated carbocycles. The van der Waals surface area contributed by atoms with Crippen LogP contribution in [0.15, 0.2) is 29.2 Å². The molecule has 78 valence electrons. The second kappa shape index (κ2) is 3.58. The molecule has 0 aliphatic rings. The van der Waals surface area contributed by atoms with Gasteiger partial charge in [-0.1, -0.05) is 26.5 Å². The third kappa shape index (κ3) is 1.58. The van der Waals surface area contributed by atoms with E-state index in [1.165, 1.54) is 16.5 Å². The van der Waals surface area contributed by atoms with Crippen molar-refractivity contribution in [3.05, 3.63) is 41.7 Å². The van der Waals surface area contributed by atoms with Gasteiger partial charge in [0.05, 0.1) is 0 Å². The fourth-order valence-corrected chi connectivity index (χ4v) is 1.81. The molecule has 0 aliphatic heterocycles. The minimum absolute atomic E-state index is 0.552. The Morgan fingerprint density at radius 2 is 2.07 bits per heavy atom. The average Bonchev–Trinajstić information content (AvgIpc) is 2.55. The SMILES string of the molecule is C=Cc1oc2ccc(C(C)C)cc2c1C. The monoisotopic (exact) mass is 200 g/mol. The highest BCUT2D eigenvalue weighted by atomic mass is 16.3. The summed E-state index contributed by atoms with van der Waals surface area (Å²) in [5.41, 5.74) is 3.48. The predicted molar refractivity (Wildman–Crippen MR) is 65.1 cm³/mol. The summed E-state index contributed by atoms with van der Waals surface area (Å²) in [4.78, 5) is 0. The van der Waals surface area contributed by atoms with Crippen molar-refractivity contribution >= 4 is 17.0 Å². The molecule has 0 amide bonds. The van der Waals surface area contributed by atoms with Crippen LogP contribution in [-0.2, 0) is 0 Å². The van der Waals surface area contributed by atoms with E-state index in [0.29, 0.717) is 5.92 Å². The predicted octanol–water partition coefficient (Wildman–Crippen LogP) is 4.51. The van der Waals surface area contributed by atoms with E-state index in [0.717, 1.165) is 11.3 Å². The lowest BCUT2D eigenvalue weighted by Crippen LogP contribution is -1.85. The van der Waals surface area contributed by atoms with Crippen LogP contribution in [-0.4, -0.2) is 0 Å². The zero-order valence-corrected chi connectivity index (χ0v) is 9.50. The van der Waals surface area contributed by atoms with Crippen LogP contribution < -0.4 is 0 Å². The number of rotatable bonds is 2. The highest BCUT2D eigenvalue weighted by molar-refractivity contribution is 5.84. The van der Waals surface area contributed by atoms with Gasteiger partial charge in [-0.15, -0.1) is 0 Å². The molecule has 1 nitrogen and oxygen atoms in total. The minimum atomic E-state index is 0.552. The van der Waals surface area contributed by atoms with E-state index < -0.39 is 0 Å². The third-order valence-electron chi connectivity index (χ3n) is 2.85. The maximum Gasteiger partial charge on any atom is 0.135 e. The lowest BCUT2D eigenvalue weighted by molar-refractivity contribution is 0.601. The molecular weight excluding hydrogens is 184 g/mol. The average molecular weight is 200 g/mol. The number of fused-ring (bicyclic) bond motifs is 1. The minimum Gasteiger partial charge on any atom is -0.456 e. The molecule has 1 heterocycles. The van der Waals surface area contributed by atoms with Gasteiger partial charge in [-0.3, -0.25) is 0 Å². The van der Waals surface area contributed by atoms with Gasteiger partial charge < -0.3 is 4.42 Å². The molecule has 0 unspecified atom stereocenters. The molecule has 1 aromatic heterocycles. The van der Waals surface area contributed by atoms with Gasteiger partial charge in [0.1, 0.15) is 11.3 Å². The van der Waals surface area contributed by atoms with Crippen LogP contribution in [0.3, 0.4) is 0 Å². The van der Waals surface area contributed by atoms with Crippen molar-refractivity contribution < 1.29 is 4.42 Å². The molecule has 1 heteroatoms. The largest absolute Gasteiger partial charge is 0.456 e. The summed E-state index contributed by atoms with van der Waals surface area (Å²) >= 11 is 0. The van der Waals surface area contributed by atoms with Crippen molar-refractivity contribution in [1.29, 1.82) is 0 Å². The number of hydrogen-bond donors (Lipinski definition) is 0. The second-order valence-corrected chi connectivity index (χ2v) is 4.21. The molecule has 0 N–H and O–H groups in total. The molecular formula is C14H16O. The quantitative estimate of drug-likeness (QED) is 0.695. The van der Waals surface area contributed by atoms with Crippen molar-refractivity contribution in [1.82, 2.24) is 0 Å². The summed E-state index contributed by atoms with van der Waals surface area (Å²) in [7, 11) is 0. The topological polar surface area (TPSA) is 13.1 Å². The molecule has 2 rings (SSSR count). The number of hydrogen-bond acceptors (Lipinski definition) is 1. The molecule has 0 atom stereocenters. The fourth-order valence-electron chi connectivity index (χ4n) is 1.81. The Morgan fingerprint density at radius 1 is 1.33 bits per heavy atom. The summed E-state index contributed by atoms with van der Waals surface area (Å²) in [5.74, 6) is 1.43. The molecule has 0 radical (unpaired) electrons. The van der Waals surface area contributed by atoms with Crippen LogP contribution in [0.1, 0.15) is 36.7 Å². The van der Waals surface area contributed by atoms with Gasteiger partial charge in [-0.05, 0) is 36.6 Å². The first-order valence-corrected chi connectivity index (χ1v) is 5.29. The number of aryl methyl sites for hydroxylation is 1. The van der Waals surface area contributed by atoms with E-state index in [2.05, 4.69) is 39.5 Å². The van der Waals surface area contributed by atoms with Crippen molar-refractivity contribution in [3.8, 4) is 0 Å². The smallest absolute Gasteiger partial charge is 0.135 e. The van der Waals surface area contributed by atoms with E-state index >= 15 is 0 Å². The zero-order chi connectivity index (χ0) is 11.0. The summed E-state index contributed by atoms with van der Waals surface area (Å²) in [6.45, 7) is 10.2. The second-order valence-electron chi connectivity index (χ2n) is 4.21. The first-order chi connectivity index (χ1) is 7.13. The van der Waals surface area contributed by atoms with Crippen LogP contribution in [0.5, 0.6) is 0 Å². The normalized spacial score (nSPS) is 11.2. The Kier molecular flexibility index (Phi) is 2.39. The van der Waals surface area contributed by atoms with Crippen molar-refractivity contribution in [2.45, 2.75) is 26.7 Å². The van der Waals surface area contributed by atoms with Crippen molar-refractivity contribution in [2.24, 2.45) is 0 Å². The van der Waals surface area contributed by atoms with Gasteiger partial charge in [0.25, 0.3) is 0 Å². The molecule has 0 spiro atoms. The summed E-state index contributed by atoms with van der Waals surface area (Å²) in [5, 5.41) is 1.20. The van der Waals surface area contributed by atoms with E-state index in [1.807, 2.05) is 6.07 Å². The van der Waals surface area contributed by atoms with Gasteiger partial charge in [-0.25, -0.2) is 0 Å². The van der Waals surface area contributed by atoms with Crippen LogP contribution in [0, 0.1) is 6.92 Å². The highest BCUT2D eigenvalue weighted by Gasteiger charge is 2.09. The Bertz CT molecular complexity index is 503. The Hall–Kier alpha value is -1.50. The Balaban J connectivity index is 2.70. The van der Waals surface area contributed by atoms with E-state index in [9.17, 15) is 0 Å². The standard InChI is InChI=1S/C14H16O/c1-5-13-10(4)12-8-11(9(2)3)6-7-14(12)15-13/h5-9H,1H2,2-4H3. The summed E-state index contributed by atoms with van der Waals surface area (Å²) in [6, 6.07) is 6.39. The third-order valence-corrected chi connectivity index (χ3v) is 2.85. The maximum absolute atomic E-state index is 5.66. The first kappa shape index (κ1) is 10.0. The van der Waals surface area contributed by atoms with Gasteiger partial charge in [-0.2, -0.15) is 0 Å². The summed E-state index contributed by atoms with van der Waals surface area (Å²) < 4.78 is 5.66. The fraction of sp³-hybridized carbons (Fsp3) is 0.286. The maximum atomic E-state index is 5.66. The number of benzene rings is 1. The molecule has 0 bridgehead atoms. The van der Waals surface area contributed by atoms with Crippen LogP contribution in [0.25, 0.3) is 17.0 Å². The van der Waals surface area contributed by atoms with Gasteiger partial charge >= 0.3 is 0 Å². The molecule has 0 aliphatic carbocycles. The molecule has 1 aromatic carbocycles. The van der Waals surface area contributed by atoms with E-state index in [1.54, 1.807) is 6.08 Å². The lowest BCUT2D eigenvalue weighted by atomic mass is 10.0. The van der Waals surface area contributed by atoms with Gasteiger partial charge in [0.15, 0.2) is 0 Å². The molecule has 0 fully saturated rings. The molecule has 0 saturated heterocycles. The summed E-state index contributed by atoms with van der Waals surface area (Å²) in [6.07, 6.45) is 1.77. The lowest BCUT2D eigenvalue weighted by Gasteiger charge is -2.04.